The zero-order chi connectivity index (χ0) is 18.4. The molecular formula is C16H14BrN3O5. The number of nitrogens with zero attached hydrogens (tertiary/aromatic N) is 2. The highest BCUT2D eigenvalue weighted by atomic mass is 79.9. The van der Waals surface area contributed by atoms with Crippen LogP contribution in [0.15, 0.2) is 46.0 Å². The molecule has 0 unspecified atom stereocenters. The summed E-state index contributed by atoms with van der Waals surface area (Å²) in [5.74, 6) is 0.584. The van der Waals surface area contributed by atoms with Gasteiger partial charge in [0.05, 0.1) is 29.8 Å². The molecule has 8 nitrogen and oxygen atoms in total. The lowest BCUT2D eigenvalue weighted by Gasteiger charge is -2.10. The van der Waals surface area contributed by atoms with Crippen molar-refractivity contribution in [1.29, 1.82) is 0 Å². The summed E-state index contributed by atoms with van der Waals surface area (Å²) < 4.78 is 11.1. The van der Waals surface area contributed by atoms with E-state index in [-0.39, 0.29) is 11.3 Å². The number of halogens is 1. The second-order valence-electron chi connectivity index (χ2n) is 4.74. The van der Waals surface area contributed by atoms with Gasteiger partial charge in [-0.25, -0.2) is 5.43 Å². The molecule has 0 fully saturated rings. The van der Waals surface area contributed by atoms with Gasteiger partial charge < -0.3 is 9.47 Å². The maximum absolute atomic E-state index is 12.0. The molecule has 0 aliphatic heterocycles. The Balaban J connectivity index is 2.08. The van der Waals surface area contributed by atoms with Gasteiger partial charge in [0, 0.05) is 17.7 Å². The average molecular weight is 408 g/mol. The van der Waals surface area contributed by atoms with Crippen LogP contribution in [-0.2, 0) is 0 Å². The topological polar surface area (TPSA) is 103 Å². The number of non-ortho nitro benzene ring substituents is 1. The first-order valence-corrected chi connectivity index (χ1v) is 7.75. The molecule has 0 spiro atoms. The number of hydrazone groups is 1. The normalized spacial score (nSPS) is 10.5. The molecule has 25 heavy (non-hydrogen) atoms. The van der Waals surface area contributed by atoms with Gasteiger partial charge in [-0.15, -0.1) is 0 Å². The summed E-state index contributed by atoms with van der Waals surface area (Å²) in [6.07, 6.45) is 1.44. The third-order valence-electron chi connectivity index (χ3n) is 3.18. The van der Waals surface area contributed by atoms with Crippen LogP contribution in [0.1, 0.15) is 15.9 Å². The fourth-order valence-electron chi connectivity index (χ4n) is 1.98. The van der Waals surface area contributed by atoms with Crippen molar-refractivity contribution in [3.63, 3.8) is 0 Å². The number of carbonyl (C=O) groups excluding carboxylic acids is 1. The Labute approximate surface area is 151 Å². The van der Waals surface area contributed by atoms with Gasteiger partial charge in [0.1, 0.15) is 0 Å². The minimum Gasteiger partial charge on any atom is -0.493 e. The van der Waals surface area contributed by atoms with E-state index in [9.17, 15) is 14.9 Å². The first-order valence-electron chi connectivity index (χ1n) is 6.95. The van der Waals surface area contributed by atoms with E-state index in [1.54, 1.807) is 12.1 Å². The van der Waals surface area contributed by atoms with E-state index in [1.165, 1.54) is 44.7 Å². The molecule has 0 aliphatic carbocycles. The molecule has 9 heteroatoms. The molecule has 0 aliphatic rings. The largest absolute Gasteiger partial charge is 0.493 e. The summed E-state index contributed by atoms with van der Waals surface area (Å²) in [4.78, 5) is 22.0. The van der Waals surface area contributed by atoms with Crippen molar-refractivity contribution in [3.05, 3.63) is 62.1 Å². The van der Waals surface area contributed by atoms with Gasteiger partial charge in [-0.1, -0.05) is 0 Å². The van der Waals surface area contributed by atoms with Gasteiger partial charge in [0.25, 0.3) is 11.6 Å². The zero-order valence-electron chi connectivity index (χ0n) is 13.4. The molecule has 2 rings (SSSR count). The summed E-state index contributed by atoms with van der Waals surface area (Å²) >= 11 is 3.37. The van der Waals surface area contributed by atoms with E-state index in [0.29, 0.717) is 21.5 Å². The van der Waals surface area contributed by atoms with Crippen molar-refractivity contribution in [1.82, 2.24) is 5.43 Å². The number of hydrogen-bond acceptors (Lipinski definition) is 6. The van der Waals surface area contributed by atoms with E-state index < -0.39 is 10.8 Å². The highest BCUT2D eigenvalue weighted by Crippen LogP contribution is 2.35. The highest BCUT2D eigenvalue weighted by molar-refractivity contribution is 9.10. The number of ether oxygens (including phenoxy) is 2. The van der Waals surface area contributed by atoms with E-state index in [0.717, 1.165) is 0 Å². The number of amides is 1. The number of hydrogen-bond donors (Lipinski definition) is 1. The third-order valence-corrected chi connectivity index (χ3v) is 3.76. The van der Waals surface area contributed by atoms with E-state index in [1.807, 2.05) is 0 Å². The molecular weight excluding hydrogens is 394 g/mol. The minimum absolute atomic E-state index is 0.0878. The van der Waals surface area contributed by atoms with Crippen LogP contribution >= 0.6 is 15.9 Å². The Bertz CT molecular complexity index is 821. The second kappa shape index (κ2) is 8.25. The molecule has 2 aromatic rings. The predicted octanol–water partition coefficient (Wildman–Crippen LogP) is 3.14. The lowest BCUT2D eigenvalue weighted by atomic mass is 10.2. The summed E-state index contributed by atoms with van der Waals surface area (Å²) in [5.41, 5.74) is 3.20. The van der Waals surface area contributed by atoms with Crippen LogP contribution in [0.3, 0.4) is 0 Å². The number of nitro groups is 1. The molecule has 0 atom stereocenters. The monoisotopic (exact) mass is 407 g/mol. The van der Waals surface area contributed by atoms with E-state index in [4.69, 9.17) is 9.47 Å². The SMILES string of the molecule is COc1cc(C=NNC(=O)c2ccc([N+](=O)[O-])cc2)cc(Br)c1OC. The van der Waals surface area contributed by atoms with E-state index >= 15 is 0 Å². The van der Waals surface area contributed by atoms with Crippen LogP contribution in [0.4, 0.5) is 5.69 Å². The van der Waals surface area contributed by atoms with Crippen molar-refractivity contribution >= 4 is 33.7 Å². The molecule has 1 amide bonds. The smallest absolute Gasteiger partial charge is 0.271 e. The predicted molar refractivity (Wildman–Crippen MR) is 95.4 cm³/mol. The summed E-state index contributed by atoms with van der Waals surface area (Å²) in [6.45, 7) is 0. The zero-order valence-corrected chi connectivity index (χ0v) is 14.9. The Morgan fingerprint density at radius 1 is 1.24 bits per heavy atom. The summed E-state index contributed by atoms with van der Waals surface area (Å²) in [7, 11) is 3.04. The quantitative estimate of drug-likeness (QED) is 0.450. The highest BCUT2D eigenvalue weighted by Gasteiger charge is 2.10. The van der Waals surface area contributed by atoms with Crippen molar-refractivity contribution in [2.75, 3.05) is 14.2 Å². The van der Waals surface area contributed by atoms with Crippen LogP contribution in [0.5, 0.6) is 11.5 Å². The van der Waals surface area contributed by atoms with Crippen molar-refractivity contribution in [2.24, 2.45) is 5.10 Å². The van der Waals surface area contributed by atoms with Gasteiger partial charge in [-0.3, -0.25) is 14.9 Å². The van der Waals surface area contributed by atoms with Crippen LogP contribution in [0.25, 0.3) is 0 Å². The molecule has 0 radical (unpaired) electrons. The molecule has 0 aromatic heterocycles. The van der Waals surface area contributed by atoms with Gasteiger partial charge in [0.15, 0.2) is 11.5 Å². The Kier molecular flexibility index (Phi) is 6.07. The molecule has 0 heterocycles. The van der Waals surface area contributed by atoms with Gasteiger partial charge in [0.2, 0.25) is 0 Å². The van der Waals surface area contributed by atoms with Crippen molar-refractivity contribution < 1.29 is 19.2 Å². The summed E-state index contributed by atoms with van der Waals surface area (Å²) in [6, 6.07) is 8.67. The molecule has 130 valence electrons. The number of rotatable bonds is 6. The van der Waals surface area contributed by atoms with Crippen LogP contribution < -0.4 is 14.9 Å². The van der Waals surface area contributed by atoms with Crippen molar-refractivity contribution in [3.8, 4) is 11.5 Å². The molecule has 0 saturated carbocycles. The molecule has 2 aromatic carbocycles. The second-order valence-corrected chi connectivity index (χ2v) is 5.60. The number of carbonyl (C=O) groups is 1. The van der Waals surface area contributed by atoms with Crippen LogP contribution in [0, 0.1) is 10.1 Å². The van der Waals surface area contributed by atoms with Gasteiger partial charge >= 0.3 is 0 Å². The Morgan fingerprint density at radius 3 is 2.48 bits per heavy atom. The number of nitrogens with one attached hydrogen (secondary N) is 1. The standard InChI is InChI=1S/C16H14BrN3O5/c1-24-14-8-10(7-13(17)15(14)25-2)9-18-19-16(21)11-3-5-12(6-4-11)20(22)23/h3-9H,1-2H3,(H,19,21). The molecule has 1 N–H and O–H groups in total. The minimum atomic E-state index is -0.533. The fraction of sp³-hybridized carbons (Fsp3) is 0.125. The Morgan fingerprint density at radius 2 is 1.92 bits per heavy atom. The lowest BCUT2D eigenvalue weighted by Crippen LogP contribution is -2.17. The van der Waals surface area contributed by atoms with Gasteiger partial charge in [-0.2, -0.15) is 5.10 Å². The van der Waals surface area contributed by atoms with Crippen LogP contribution in [-0.4, -0.2) is 31.3 Å². The average Bonchev–Trinajstić information content (AvgIpc) is 2.61. The van der Waals surface area contributed by atoms with Crippen molar-refractivity contribution in [2.45, 2.75) is 0 Å². The number of nitro benzene ring substituents is 1. The molecule has 0 saturated heterocycles. The van der Waals surface area contributed by atoms with E-state index in [2.05, 4.69) is 26.5 Å². The first-order chi connectivity index (χ1) is 12.0. The first kappa shape index (κ1) is 18.4. The molecule has 0 bridgehead atoms. The fourth-order valence-corrected chi connectivity index (χ4v) is 2.60. The maximum Gasteiger partial charge on any atom is 0.271 e. The summed E-state index contributed by atoms with van der Waals surface area (Å²) in [5, 5.41) is 14.5. The van der Waals surface area contributed by atoms with Crippen LogP contribution in [0.2, 0.25) is 0 Å². The maximum atomic E-state index is 12.0. The lowest BCUT2D eigenvalue weighted by molar-refractivity contribution is -0.384. The Hall–Kier alpha value is -2.94. The number of benzene rings is 2. The third kappa shape index (κ3) is 4.54. The number of methoxy groups -OCH3 is 2. The van der Waals surface area contributed by atoms with Gasteiger partial charge in [-0.05, 0) is 45.8 Å².